The number of anilines is 1. The Hall–Kier alpha value is -3.76. The van der Waals surface area contributed by atoms with E-state index in [0.29, 0.717) is 35.6 Å². The highest BCUT2D eigenvalue weighted by atomic mass is 32.2. The lowest BCUT2D eigenvalue weighted by atomic mass is 10.1. The molecule has 4 N–H and O–H groups in total. The molecule has 10 heteroatoms. The van der Waals surface area contributed by atoms with E-state index < -0.39 is 9.81 Å². The molecule has 0 amide bonds. The third-order valence-electron chi connectivity index (χ3n) is 5.98. The van der Waals surface area contributed by atoms with E-state index in [0.717, 1.165) is 29.9 Å². The van der Waals surface area contributed by atoms with Gasteiger partial charge in [-0.1, -0.05) is 24.8 Å². The van der Waals surface area contributed by atoms with Crippen molar-refractivity contribution in [3.05, 3.63) is 72.9 Å². The average Bonchev–Trinajstić information content (AvgIpc) is 3.26. The van der Waals surface area contributed by atoms with Gasteiger partial charge in [-0.2, -0.15) is 5.10 Å². The standard InChI is InChI=1S/C24H26N8OS/c1-2-34(26,27)31-14-6-7-18(15-31)32-24-21(23(25)28-16-29-24)22(30-32)17-10-12-20(13-11-17)33-19-8-4-3-5-9-19/h2-5,8-13,16,18,26-27H,1,6-7,14-15H2,(H2,25,28,29). The van der Waals surface area contributed by atoms with Crippen LogP contribution in [0, 0.1) is 9.56 Å². The molecule has 2 aromatic heterocycles. The summed E-state index contributed by atoms with van der Waals surface area (Å²) in [7, 11) is -2.51. The fourth-order valence-electron chi connectivity index (χ4n) is 4.25. The zero-order valence-electron chi connectivity index (χ0n) is 18.6. The molecule has 0 aliphatic carbocycles. The van der Waals surface area contributed by atoms with E-state index in [-0.39, 0.29) is 6.04 Å². The first kappa shape index (κ1) is 22.1. The molecule has 9 nitrogen and oxygen atoms in total. The predicted molar refractivity (Wildman–Crippen MR) is 135 cm³/mol. The van der Waals surface area contributed by atoms with Crippen molar-refractivity contribution in [3.63, 3.8) is 0 Å². The SMILES string of the molecule is C=CS(=N)(=N)N1CCCC(n2nc(-c3ccc(Oc4ccccc4)cc3)c3c(N)ncnc32)C1. The minimum absolute atomic E-state index is 0.0255. The minimum Gasteiger partial charge on any atom is -0.457 e. The quantitative estimate of drug-likeness (QED) is 0.350. The molecule has 4 aromatic rings. The summed E-state index contributed by atoms with van der Waals surface area (Å²) in [6.07, 6.45) is 3.20. The van der Waals surface area contributed by atoms with Gasteiger partial charge in [0.25, 0.3) is 0 Å². The number of nitrogen functional groups attached to an aromatic ring is 1. The molecular formula is C24H26N8OS. The molecular weight excluding hydrogens is 448 g/mol. The zero-order valence-corrected chi connectivity index (χ0v) is 19.4. The number of fused-ring (bicyclic) bond motifs is 1. The lowest BCUT2D eigenvalue weighted by Gasteiger charge is -2.34. The highest BCUT2D eigenvalue weighted by molar-refractivity contribution is 7.94. The maximum Gasteiger partial charge on any atom is 0.164 e. The smallest absolute Gasteiger partial charge is 0.164 e. The molecule has 0 spiro atoms. The fourth-order valence-corrected chi connectivity index (χ4v) is 5.28. The maximum absolute atomic E-state index is 8.33. The molecule has 174 valence electrons. The van der Waals surface area contributed by atoms with Crippen LogP contribution in [0.25, 0.3) is 22.3 Å². The maximum atomic E-state index is 8.33. The summed E-state index contributed by atoms with van der Waals surface area (Å²) in [4.78, 5) is 8.71. The summed E-state index contributed by atoms with van der Waals surface area (Å²) in [5.74, 6) is 1.86. The van der Waals surface area contributed by atoms with Crippen LogP contribution >= 0.6 is 0 Å². The molecule has 1 aliphatic rings. The Morgan fingerprint density at radius 3 is 2.53 bits per heavy atom. The fraction of sp³-hybridized carbons (Fsp3) is 0.208. The van der Waals surface area contributed by atoms with Gasteiger partial charge < -0.3 is 10.5 Å². The predicted octanol–water partition coefficient (Wildman–Crippen LogP) is 5.24. The van der Waals surface area contributed by atoms with Crippen LogP contribution in [0.15, 0.2) is 72.9 Å². The van der Waals surface area contributed by atoms with E-state index in [1.54, 1.807) is 0 Å². The van der Waals surface area contributed by atoms with Crippen LogP contribution in [-0.4, -0.2) is 37.1 Å². The highest BCUT2D eigenvalue weighted by Crippen LogP contribution is 2.35. The minimum atomic E-state index is -2.51. The number of rotatable bonds is 6. The second-order valence-corrected chi connectivity index (χ2v) is 10.3. The van der Waals surface area contributed by atoms with Gasteiger partial charge in [-0.25, -0.2) is 19.0 Å². The monoisotopic (exact) mass is 474 g/mol. The van der Waals surface area contributed by atoms with Gasteiger partial charge in [0.2, 0.25) is 0 Å². The molecule has 34 heavy (non-hydrogen) atoms. The largest absolute Gasteiger partial charge is 0.457 e. The van der Waals surface area contributed by atoms with E-state index in [1.165, 1.54) is 11.7 Å². The Morgan fingerprint density at radius 1 is 1.06 bits per heavy atom. The second kappa shape index (κ2) is 8.88. The first-order chi connectivity index (χ1) is 16.5. The van der Waals surface area contributed by atoms with Gasteiger partial charge in [-0.15, -0.1) is 0 Å². The number of para-hydroxylation sites is 1. The third kappa shape index (κ3) is 4.13. The molecule has 5 rings (SSSR count). The van der Waals surface area contributed by atoms with Gasteiger partial charge in [0, 0.05) is 28.5 Å². The van der Waals surface area contributed by atoms with E-state index in [2.05, 4.69) is 16.5 Å². The topological polar surface area (TPSA) is 130 Å². The number of piperidine rings is 1. The molecule has 2 aromatic carbocycles. The summed E-state index contributed by atoms with van der Waals surface area (Å²) < 4.78 is 26.3. The van der Waals surface area contributed by atoms with Gasteiger partial charge in [0.15, 0.2) is 5.65 Å². The first-order valence-corrected chi connectivity index (χ1v) is 12.6. The molecule has 0 bridgehead atoms. The molecule has 0 saturated carbocycles. The van der Waals surface area contributed by atoms with Gasteiger partial charge in [0.1, 0.15) is 29.3 Å². The molecule has 1 aliphatic heterocycles. The van der Waals surface area contributed by atoms with Crippen molar-refractivity contribution >= 4 is 26.7 Å². The zero-order chi connectivity index (χ0) is 23.7. The second-order valence-electron chi connectivity index (χ2n) is 8.17. The number of nitrogens with one attached hydrogen (secondary N) is 2. The lowest BCUT2D eigenvalue weighted by molar-refractivity contribution is 0.270. The van der Waals surface area contributed by atoms with Crippen molar-refractivity contribution in [2.75, 3.05) is 18.8 Å². The Labute approximate surface area is 198 Å². The summed E-state index contributed by atoms with van der Waals surface area (Å²) in [5.41, 5.74) is 8.52. The lowest BCUT2D eigenvalue weighted by Crippen LogP contribution is -2.39. The van der Waals surface area contributed by atoms with Crippen molar-refractivity contribution in [2.45, 2.75) is 18.9 Å². The van der Waals surface area contributed by atoms with Crippen molar-refractivity contribution < 1.29 is 4.74 Å². The number of aromatic nitrogens is 4. The van der Waals surface area contributed by atoms with E-state index in [9.17, 15) is 0 Å². The Balaban J connectivity index is 1.51. The van der Waals surface area contributed by atoms with Crippen LogP contribution in [-0.2, 0) is 9.81 Å². The van der Waals surface area contributed by atoms with Crippen LogP contribution in [0.3, 0.4) is 0 Å². The van der Waals surface area contributed by atoms with Crippen LogP contribution in [0.2, 0.25) is 0 Å². The van der Waals surface area contributed by atoms with Crippen molar-refractivity contribution in [1.82, 2.24) is 24.1 Å². The van der Waals surface area contributed by atoms with E-state index in [1.807, 2.05) is 63.6 Å². The van der Waals surface area contributed by atoms with Crippen LogP contribution < -0.4 is 10.5 Å². The normalized spacial score (nSPS) is 17.0. The Kier molecular flexibility index (Phi) is 5.76. The summed E-state index contributed by atoms with van der Waals surface area (Å²) in [6.45, 7) is 4.94. The molecule has 0 radical (unpaired) electrons. The summed E-state index contributed by atoms with van der Waals surface area (Å²) >= 11 is 0. The van der Waals surface area contributed by atoms with Crippen molar-refractivity contribution in [2.24, 2.45) is 0 Å². The van der Waals surface area contributed by atoms with E-state index in [4.69, 9.17) is 25.1 Å². The van der Waals surface area contributed by atoms with Crippen molar-refractivity contribution in [1.29, 1.82) is 9.56 Å². The van der Waals surface area contributed by atoms with Gasteiger partial charge >= 0.3 is 0 Å². The van der Waals surface area contributed by atoms with Gasteiger partial charge in [-0.05, 0) is 54.6 Å². The number of hydrogen-bond acceptors (Lipinski definition) is 7. The summed E-state index contributed by atoms with van der Waals surface area (Å²) in [5, 5.41) is 7.06. The first-order valence-electron chi connectivity index (χ1n) is 11.0. The van der Waals surface area contributed by atoms with Gasteiger partial charge in [0.05, 0.1) is 11.4 Å². The van der Waals surface area contributed by atoms with E-state index >= 15 is 0 Å². The summed E-state index contributed by atoms with van der Waals surface area (Å²) in [6, 6.07) is 17.3. The van der Waals surface area contributed by atoms with Gasteiger partial charge in [-0.3, -0.25) is 9.56 Å². The molecule has 1 atom stereocenters. The Morgan fingerprint density at radius 2 is 1.79 bits per heavy atom. The molecule has 1 saturated heterocycles. The molecule has 1 fully saturated rings. The molecule has 3 heterocycles. The van der Waals surface area contributed by atoms with Crippen LogP contribution in [0.1, 0.15) is 18.9 Å². The third-order valence-corrected chi connectivity index (χ3v) is 7.61. The van der Waals surface area contributed by atoms with Crippen LogP contribution in [0.4, 0.5) is 5.82 Å². The van der Waals surface area contributed by atoms with Crippen LogP contribution in [0.5, 0.6) is 11.5 Å². The number of nitrogens with zero attached hydrogens (tertiary/aromatic N) is 5. The number of nitrogens with two attached hydrogens (primary N) is 1. The average molecular weight is 475 g/mol. The number of benzene rings is 2. The number of hydrogen-bond donors (Lipinski definition) is 3. The number of ether oxygens (including phenoxy) is 1. The molecule has 1 unspecified atom stereocenters. The highest BCUT2D eigenvalue weighted by Gasteiger charge is 2.28. The Bertz CT molecular complexity index is 1430. The van der Waals surface area contributed by atoms with Crippen molar-refractivity contribution in [3.8, 4) is 22.8 Å².